The van der Waals surface area contributed by atoms with Crippen LogP contribution in [0.25, 0.3) is 43.9 Å². The molecule has 0 unspecified atom stereocenters. The van der Waals surface area contributed by atoms with E-state index >= 15 is 8.78 Å². The minimum Gasteiger partial charge on any atom is -0.391 e. The summed E-state index contributed by atoms with van der Waals surface area (Å²) in [6, 6.07) is 14.1. The van der Waals surface area contributed by atoms with E-state index in [1.165, 1.54) is 17.0 Å². The number of nitrogens with one attached hydrogen (secondary N) is 2. The summed E-state index contributed by atoms with van der Waals surface area (Å²) in [5.74, 6) is -2.54. The predicted molar refractivity (Wildman–Crippen MR) is 279 cm³/mol. The fraction of sp³-hybridized carbons (Fsp3) is 0.455. The number of para-hydroxylation sites is 1. The number of ether oxygens (including phenoxy) is 2. The first-order valence-electron chi connectivity index (χ1n) is 25.6. The van der Waals surface area contributed by atoms with Crippen molar-refractivity contribution in [2.75, 3.05) is 59.2 Å². The lowest BCUT2D eigenvalue weighted by Crippen LogP contribution is -2.57. The number of fused-ring (bicyclic) bond motifs is 1. The highest BCUT2D eigenvalue weighted by atomic mass is 32.1. The van der Waals surface area contributed by atoms with Crippen LogP contribution >= 0.6 is 11.3 Å². The van der Waals surface area contributed by atoms with Gasteiger partial charge in [-0.3, -0.25) is 33.7 Å². The van der Waals surface area contributed by atoms with Crippen molar-refractivity contribution in [2.45, 2.75) is 97.1 Å². The summed E-state index contributed by atoms with van der Waals surface area (Å²) >= 11 is 1.56. The molecule has 0 saturated carbocycles. The summed E-state index contributed by atoms with van der Waals surface area (Å²) in [7, 11) is 0. The van der Waals surface area contributed by atoms with Gasteiger partial charge in [0.25, 0.3) is 0 Å². The summed E-state index contributed by atoms with van der Waals surface area (Å²) in [5.41, 5.74) is 7.32. The minimum atomic E-state index is -0.978. The van der Waals surface area contributed by atoms with E-state index in [1.807, 2.05) is 73.8 Å². The fourth-order valence-electron chi connectivity index (χ4n) is 9.95. The zero-order valence-electron chi connectivity index (χ0n) is 42.8. The largest absolute Gasteiger partial charge is 0.391 e. The van der Waals surface area contributed by atoms with Crippen LogP contribution in [-0.4, -0.2) is 146 Å². The lowest BCUT2D eigenvalue weighted by molar-refractivity contribution is -0.144. The summed E-state index contributed by atoms with van der Waals surface area (Å²) in [6.07, 6.45) is 5.93. The minimum absolute atomic E-state index is 0.0279. The van der Waals surface area contributed by atoms with Gasteiger partial charge in [-0.15, -0.1) is 11.3 Å². The number of likely N-dealkylation sites (tertiary alicyclic amines) is 2. The summed E-state index contributed by atoms with van der Waals surface area (Å²) < 4.78 is 43.9. The number of benzene rings is 3. The van der Waals surface area contributed by atoms with Crippen molar-refractivity contribution in [3.05, 3.63) is 107 Å². The fourth-order valence-corrected chi connectivity index (χ4v) is 10.8. The second-order valence-electron chi connectivity index (χ2n) is 20.6. The molecule has 75 heavy (non-hydrogen) atoms. The van der Waals surface area contributed by atoms with E-state index in [4.69, 9.17) is 14.5 Å². The van der Waals surface area contributed by atoms with E-state index in [9.17, 15) is 24.3 Å². The van der Waals surface area contributed by atoms with Crippen molar-refractivity contribution in [2.24, 2.45) is 5.41 Å². The Morgan fingerprint density at radius 1 is 0.920 bits per heavy atom. The maximum atomic E-state index is 15.5. The Hall–Kier alpha value is -6.58. The SMILES string of the molecule is Cc1ncsc1-c1ccc(CNC(=O)[C@@H]2C[C@@H](O)CN2C(=O)[C@@H](NC(=O)CCOCCC(=O)N2CCC(n3cc(-c4cnc5cccc(-c6cc(F)c(CN7CCOCC7)c(F)c6)c5n4)cn3)CC2)C(C)(C)C)cc1. The molecule has 17 nitrogen and oxygen atoms in total. The van der Waals surface area contributed by atoms with Crippen LogP contribution in [0, 0.1) is 24.0 Å². The Morgan fingerprint density at radius 3 is 2.36 bits per heavy atom. The van der Waals surface area contributed by atoms with Gasteiger partial charge >= 0.3 is 0 Å². The molecule has 3 atom stereocenters. The number of β-amino-alcohol motifs (C(OH)–C–C–N with tert-alkyl or cyclic N) is 1. The summed E-state index contributed by atoms with van der Waals surface area (Å²) in [5, 5.41) is 21.0. The van der Waals surface area contributed by atoms with Gasteiger partial charge in [0, 0.05) is 81.5 Å². The molecule has 3 saturated heterocycles. The number of rotatable bonds is 17. The molecular weight excluding hydrogens is 983 g/mol. The van der Waals surface area contributed by atoms with Gasteiger partial charge in [0.1, 0.15) is 23.7 Å². The van der Waals surface area contributed by atoms with Crippen molar-refractivity contribution in [3.8, 4) is 32.8 Å². The highest BCUT2D eigenvalue weighted by Gasteiger charge is 2.44. The van der Waals surface area contributed by atoms with Gasteiger partial charge in [0.05, 0.1) is 90.2 Å². The van der Waals surface area contributed by atoms with Crippen LogP contribution in [0.2, 0.25) is 0 Å². The molecule has 3 N–H and O–H groups in total. The number of amides is 4. The Bertz CT molecular complexity index is 2980. The van der Waals surface area contributed by atoms with Gasteiger partial charge in [0.15, 0.2) is 0 Å². The molecule has 9 rings (SSSR count). The Kier molecular flexibility index (Phi) is 16.7. The molecule has 20 heteroatoms. The van der Waals surface area contributed by atoms with E-state index < -0.39 is 47.1 Å². The Labute approximate surface area is 438 Å². The van der Waals surface area contributed by atoms with E-state index in [0.29, 0.717) is 80.1 Å². The van der Waals surface area contributed by atoms with Crippen molar-refractivity contribution in [3.63, 3.8) is 0 Å². The Morgan fingerprint density at radius 2 is 1.65 bits per heavy atom. The van der Waals surface area contributed by atoms with Crippen LogP contribution in [-0.2, 0) is 41.7 Å². The first-order chi connectivity index (χ1) is 36.1. The lowest BCUT2D eigenvalue weighted by atomic mass is 9.85. The predicted octanol–water partition coefficient (Wildman–Crippen LogP) is 6.47. The number of nitrogens with zero attached hydrogens (tertiary/aromatic N) is 8. The first-order valence-corrected chi connectivity index (χ1v) is 26.5. The normalized spacial score (nSPS) is 18.1. The zero-order valence-corrected chi connectivity index (χ0v) is 43.6. The van der Waals surface area contributed by atoms with E-state index in [0.717, 1.165) is 27.3 Å². The summed E-state index contributed by atoms with van der Waals surface area (Å²) in [6.45, 7) is 11.3. The quantitative estimate of drug-likeness (QED) is 0.0844. The van der Waals surface area contributed by atoms with Crippen LogP contribution in [0.1, 0.15) is 75.7 Å². The standard InChI is InChI=1S/C55H64F2N10O7S/c1-34-51(75-33-60-34)36-10-8-35(9-11-36)27-59-53(71)47-26-40(68)31-66(47)54(72)52(55(2,3)4)63-48(69)14-20-73-21-15-49(70)65-16-12-39(13-17-65)67-30-38(28-61-67)46-29-58-45-7-5-6-41(50(45)62-46)37-24-43(56)42(44(57)25-37)32-64-18-22-74-23-19-64/h5-11,24-25,28-30,33,39-40,47,52,68H,12-23,26-27,31-32H2,1-4H3,(H,59,71)(H,63,69)/t40-,47+,52-/m1/s1. The number of morpholine rings is 1. The zero-order chi connectivity index (χ0) is 52.8. The average molecular weight is 1050 g/mol. The molecular formula is C55H64F2N10O7S. The third kappa shape index (κ3) is 12.8. The third-order valence-corrected chi connectivity index (χ3v) is 15.2. The van der Waals surface area contributed by atoms with Gasteiger partial charge in [-0.05, 0) is 60.1 Å². The number of aryl methyl sites for hydroxylation is 1. The molecule has 0 spiro atoms. The van der Waals surface area contributed by atoms with Gasteiger partial charge < -0.3 is 35.0 Å². The number of carbonyl (C=O) groups is 4. The maximum Gasteiger partial charge on any atom is 0.246 e. The Balaban J connectivity index is 0.715. The molecule has 4 amide bonds. The monoisotopic (exact) mass is 1050 g/mol. The number of hydrogen-bond acceptors (Lipinski definition) is 13. The average Bonchev–Trinajstić information content (AvgIpc) is 4.18. The first kappa shape index (κ1) is 53.3. The van der Waals surface area contributed by atoms with E-state index in [1.54, 1.807) is 46.3 Å². The third-order valence-electron chi connectivity index (χ3n) is 14.2. The molecule has 3 aromatic heterocycles. The second-order valence-corrected chi connectivity index (χ2v) is 21.5. The molecule has 3 aromatic carbocycles. The lowest BCUT2D eigenvalue weighted by Gasteiger charge is -2.35. The number of hydrogen-bond donors (Lipinski definition) is 3. The summed E-state index contributed by atoms with van der Waals surface area (Å²) in [4.78, 5) is 74.1. The van der Waals surface area contributed by atoms with Gasteiger partial charge in [0.2, 0.25) is 23.6 Å². The number of piperidine rings is 1. The molecule has 3 aliphatic rings. The van der Waals surface area contributed by atoms with Gasteiger partial charge in [-0.2, -0.15) is 5.10 Å². The van der Waals surface area contributed by atoms with E-state index in [-0.39, 0.29) is 75.5 Å². The number of aromatic nitrogens is 5. The van der Waals surface area contributed by atoms with Crippen molar-refractivity contribution >= 4 is 46.0 Å². The number of carbonyl (C=O) groups excluding carboxylic acids is 4. The van der Waals surface area contributed by atoms with Crippen molar-refractivity contribution in [1.82, 2.24) is 50.1 Å². The smallest absolute Gasteiger partial charge is 0.246 e. The van der Waals surface area contributed by atoms with Crippen molar-refractivity contribution in [1.29, 1.82) is 0 Å². The molecule has 6 heterocycles. The second kappa shape index (κ2) is 23.5. The van der Waals surface area contributed by atoms with Crippen LogP contribution in [0.4, 0.5) is 8.78 Å². The van der Waals surface area contributed by atoms with Crippen LogP contribution in [0.15, 0.2) is 78.7 Å². The molecule has 6 aromatic rings. The van der Waals surface area contributed by atoms with Crippen LogP contribution in [0.5, 0.6) is 0 Å². The number of aliphatic hydroxyl groups is 1. The number of thiazole rings is 1. The van der Waals surface area contributed by atoms with Crippen LogP contribution < -0.4 is 10.6 Å². The molecule has 3 aliphatic heterocycles. The molecule has 396 valence electrons. The van der Waals surface area contributed by atoms with Crippen molar-refractivity contribution < 1.29 is 42.5 Å². The van der Waals surface area contributed by atoms with Gasteiger partial charge in [-0.1, -0.05) is 57.2 Å². The molecule has 3 fully saturated rings. The molecule has 0 aliphatic carbocycles. The van der Waals surface area contributed by atoms with Gasteiger partial charge in [-0.25, -0.2) is 18.7 Å². The maximum absolute atomic E-state index is 15.5. The number of aliphatic hydroxyl groups excluding tert-OH is 1. The van der Waals surface area contributed by atoms with E-state index in [2.05, 4.69) is 25.7 Å². The molecule has 0 bridgehead atoms. The molecule has 0 radical (unpaired) electrons. The highest BCUT2D eigenvalue weighted by molar-refractivity contribution is 7.13. The topological polar surface area (TPSA) is 197 Å². The number of halogens is 2. The highest BCUT2D eigenvalue weighted by Crippen LogP contribution is 2.33. The van der Waals surface area contributed by atoms with Crippen LogP contribution in [0.3, 0.4) is 0 Å².